The Bertz CT molecular complexity index is 1480. The number of nitrogens with zero attached hydrogens (tertiary/aromatic N) is 4. The number of carbonyl (C=O) groups is 1. The molecule has 1 amide bonds. The third kappa shape index (κ3) is 7.39. The minimum atomic E-state index is -1.53. The predicted octanol–water partition coefficient (Wildman–Crippen LogP) is 3.92. The molecule has 1 fully saturated rings. The molecule has 0 unspecified atom stereocenters. The van der Waals surface area contributed by atoms with Crippen LogP contribution in [0.4, 0.5) is 10.1 Å². The molecule has 4 aromatic rings. The monoisotopic (exact) mass is 602 g/mol. The molecule has 0 radical (unpaired) electrons. The molecule has 4 N–H and O–H groups in total. The Morgan fingerprint density at radius 2 is 1.57 bits per heavy atom. The van der Waals surface area contributed by atoms with Gasteiger partial charge >= 0.3 is 0 Å². The summed E-state index contributed by atoms with van der Waals surface area (Å²) in [6.45, 7) is -0.269. The quantitative estimate of drug-likeness (QED) is 0.152. The normalized spacial score (nSPS) is 17.5. The van der Waals surface area contributed by atoms with Crippen molar-refractivity contribution >= 4 is 11.6 Å². The Morgan fingerprint density at radius 1 is 0.909 bits per heavy atom. The molecule has 1 aromatic heterocycles. The van der Waals surface area contributed by atoms with E-state index in [1.54, 1.807) is 27.9 Å². The lowest BCUT2D eigenvalue weighted by atomic mass is 9.78. The van der Waals surface area contributed by atoms with Crippen LogP contribution in [-0.2, 0) is 24.2 Å². The van der Waals surface area contributed by atoms with E-state index < -0.39 is 24.9 Å². The van der Waals surface area contributed by atoms with E-state index in [0.29, 0.717) is 24.8 Å². The van der Waals surface area contributed by atoms with Crippen LogP contribution in [0, 0.1) is 11.7 Å². The highest BCUT2D eigenvalue weighted by molar-refractivity contribution is 6.03. The Balaban J connectivity index is 1.30. The van der Waals surface area contributed by atoms with Gasteiger partial charge in [0, 0.05) is 18.4 Å². The Kier molecular flexibility index (Phi) is 10.2. The number of hydrogen-bond donors (Lipinski definition) is 4. The Morgan fingerprint density at radius 3 is 2.20 bits per heavy atom. The van der Waals surface area contributed by atoms with E-state index in [1.807, 2.05) is 54.7 Å². The van der Waals surface area contributed by atoms with Crippen molar-refractivity contribution in [1.82, 2.24) is 15.0 Å². The fourth-order valence-electron chi connectivity index (χ4n) is 5.78. The highest BCUT2D eigenvalue weighted by Gasteiger charge is 2.48. The van der Waals surface area contributed by atoms with E-state index in [0.717, 1.165) is 41.8 Å². The number of halogens is 1. The zero-order valence-electron chi connectivity index (χ0n) is 24.5. The largest absolute Gasteiger partial charge is 0.393 e. The fourth-order valence-corrected chi connectivity index (χ4v) is 5.78. The number of aryl methyl sites for hydroxylation is 3. The van der Waals surface area contributed by atoms with E-state index in [-0.39, 0.29) is 30.1 Å². The van der Waals surface area contributed by atoms with Gasteiger partial charge in [0.25, 0.3) is 0 Å². The molecule has 3 atom stereocenters. The number of carbonyl (C=O) groups excluding carboxylic acids is 1. The van der Waals surface area contributed by atoms with E-state index >= 15 is 0 Å². The highest BCUT2D eigenvalue weighted by Crippen LogP contribution is 2.46. The van der Waals surface area contributed by atoms with Gasteiger partial charge in [-0.15, -0.1) is 5.10 Å². The lowest BCUT2D eigenvalue weighted by Gasteiger charge is -2.48. The molecule has 0 aliphatic carbocycles. The molecule has 2 heterocycles. The maximum absolute atomic E-state index is 13.6. The molecule has 5 rings (SSSR count). The molecule has 0 spiro atoms. The van der Waals surface area contributed by atoms with Gasteiger partial charge in [-0.2, -0.15) is 0 Å². The van der Waals surface area contributed by atoms with Gasteiger partial charge in [0.05, 0.1) is 37.5 Å². The lowest BCUT2D eigenvalue weighted by Crippen LogP contribution is -2.55. The predicted molar refractivity (Wildman–Crippen MR) is 163 cm³/mol. The molecule has 10 heteroatoms. The Labute approximate surface area is 256 Å². The summed E-state index contributed by atoms with van der Waals surface area (Å²) < 4.78 is 15.2. The van der Waals surface area contributed by atoms with Crippen molar-refractivity contribution in [2.75, 3.05) is 18.1 Å². The summed E-state index contributed by atoms with van der Waals surface area (Å²) in [5.41, 5.74) is 2.93. The number of rotatable bonds is 15. The lowest BCUT2D eigenvalue weighted by molar-refractivity contribution is -0.131. The van der Waals surface area contributed by atoms with Gasteiger partial charge in [-0.1, -0.05) is 53.7 Å². The average molecular weight is 603 g/mol. The smallest absolute Gasteiger partial charge is 0.233 e. The minimum Gasteiger partial charge on any atom is -0.393 e. The summed E-state index contributed by atoms with van der Waals surface area (Å²) in [4.78, 5) is 15.4. The minimum absolute atomic E-state index is 0.0136. The second kappa shape index (κ2) is 14.2. The van der Waals surface area contributed by atoms with Crippen LogP contribution in [0.2, 0.25) is 0 Å². The number of aliphatic hydroxyl groups is 4. The summed E-state index contributed by atoms with van der Waals surface area (Å²) in [5, 5.41) is 47.6. The number of β-lactam (4-membered cyclic amide) rings is 1. The van der Waals surface area contributed by atoms with Crippen LogP contribution in [0.15, 0.2) is 85.2 Å². The molecule has 3 aromatic carbocycles. The van der Waals surface area contributed by atoms with Crippen LogP contribution in [0.3, 0.4) is 0 Å². The highest BCUT2D eigenvalue weighted by atomic mass is 19.1. The van der Waals surface area contributed by atoms with E-state index in [9.17, 15) is 29.6 Å². The number of aromatic nitrogens is 3. The second-order valence-electron chi connectivity index (χ2n) is 11.6. The van der Waals surface area contributed by atoms with Crippen molar-refractivity contribution in [3.8, 4) is 0 Å². The summed E-state index contributed by atoms with van der Waals surface area (Å²) in [5.74, 6) is -0.722. The van der Waals surface area contributed by atoms with E-state index in [1.165, 1.54) is 12.1 Å². The number of hydrogen-bond acceptors (Lipinski definition) is 7. The van der Waals surface area contributed by atoms with Crippen LogP contribution in [0.1, 0.15) is 60.1 Å². The van der Waals surface area contributed by atoms with Gasteiger partial charge in [-0.3, -0.25) is 9.48 Å². The molecular formula is C34H39FN4O5. The maximum atomic E-state index is 13.6. The topological polar surface area (TPSA) is 132 Å². The molecule has 9 nitrogen and oxygen atoms in total. The zero-order chi connectivity index (χ0) is 31.1. The standard InChI is InChI=1S/C34H39FN4O5/c35-28-11-9-26(10-12-28)31(42)16-15-30-32(27-7-3-25(4-8-27)17-18-34(44,22-40)23-41)39(33(30)43)29-13-5-24(6-14-29)2-1-20-38-21-19-36-37-38/h3-14,19,21,30-32,40-42,44H,1-2,15-18,20,22-23H2/t30-,31+,32-/m1/s1. The third-order valence-electron chi connectivity index (χ3n) is 8.55. The van der Waals surface area contributed by atoms with Crippen LogP contribution in [0.5, 0.6) is 0 Å². The SMILES string of the molecule is O=C1[C@H](CC[C@H](O)c2ccc(F)cc2)[C@@H](c2ccc(CCC(O)(CO)CO)cc2)N1c1ccc(CCCn2ccnn2)cc1. The molecular weight excluding hydrogens is 563 g/mol. The molecule has 1 saturated heterocycles. The number of amides is 1. The first-order chi connectivity index (χ1) is 21.3. The molecule has 0 saturated carbocycles. The fraction of sp³-hybridized carbons (Fsp3) is 0.382. The number of aliphatic hydroxyl groups excluding tert-OH is 3. The van der Waals surface area contributed by atoms with Gasteiger partial charge in [0.15, 0.2) is 0 Å². The first kappa shape index (κ1) is 31.5. The maximum Gasteiger partial charge on any atom is 0.233 e. The van der Waals surface area contributed by atoms with Crippen molar-refractivity contribution in [2.45, 2.75) is 62.8 Å². The number of anilines is 1. The second-order valence-corrected chi connectivity index (χ2v) is 11.6. The zero-order valence-corrected chi connectivity index (χ0v) is 24.5. The molecule has 1 aliphatic heterocycles. The molecule has 232 valence electrons. The first-order valence-electron chi connectivity index (χ1n) is 15.0. The average Bonchev–Trinajstić information content (AvgIpc) is 3.57. The molecule has 1 aliphatic rings. The van der Waals surface area contributed by atoms with Gasteiger partial charge in [0.1, 0.15) is 11.4 Å². The van der Waals surface area contributed by atoms with Crippen LogP contribution < -0.4 is 4.90 Å². The first-order valence-corrected chi connectivity index (χ1v) is 15.0. The summed E-state index contributed by atoms with van der Waals surface area (Å²) in [7, 11) is 0. The van der Waals surface area contributed by atoms with Crippen LogP contribution in [0.25, 0.3) is 0 Å². The van der Waals surface area contributed by atoms with Gasteiger partial charge < -0.3 is 25.3 Å². The Hall–Kier alpha value is -3.96. The number of benzene rings is 3. The summed E-state index contributed by atoms with van der Waals surface area (Å²) in [6, 6.07) is 21.4. The van der Waals surface area contributed by atoms with E-state index in [4.69, 9.17) is 0 Å². The van der Waals surface area contributed by atoms with E-state index in [2.05, 4.69) is 10.3 Å². The van der Waals surface area contributed by atoms with Crippen molar-refractivity contribution in [3.05, 3.63) is 113 Å². The summed E-state index contributed by atoms with van der Waals surface area (Å²) in [6.07, 6.45) is 5.96. The van der Waals surface area contributed by atoms with Gasteiger partial charge in [-0.25, -0.2) is 4.39 Å². The van der Waals surface area contributed by atoms with Crippen molar-refractivity contribution < 1.29 is 29.6 Å². The van der Waals surface area contributed by atoms with Crippen LogP contribution in [-0.4, -0.2) is 60.1 Å². The molecule has 0 bridgehead atoms. The van der Waals surface area contributed by atoms with Gasteiger partial charge in [0.2, 0.25) is 5.91 Å². The third-order valence-corrected chi connectivity index (χ3v) is 8.55. The van der Waals surface area contributed by atoms with Crippen LogP contribution >= 0.6 is 0 Å². The molecule has 44 heavy (non-hydrogen) atoms. The van der Waals surface area contributed by atoms with Crippen molar-refractivity contribution in [1.29, 1.82) is 0 Å². The van der Waals surface area contributed by atoms with Crippen molar-refractivity contribution in [2.24, 2.45) is 5.92 Å². The van der Waals surface area contributed by atoms with Gasteiger partial charge in [-0.05, 0) is 85.0 Å². The summed E-state index contributed by atoms with van der Waals surface area (Å²) >= 11 is 0. The van der Waals surface area contributed by atoms with Crippen molar-refractivity contribution in [3.63, 3.8) is 0 Å².